The molecule has 1 amide bonds. The first-order valence-electron chi connectivity index (χ1n) is 6.34. The van der Waals surface area contributed by atoms with Crippen molar-refractivity contribution in [1.29, 1.82) is 0 Å². The highest BCUT2D eigenvalue weighted by atomic mass is 35.5. The molecule has 22 heavy (non-hydrogen) atoms. The number of amides is 1. The molecule has 0 heterocycles. The van der Waals surface area contributed by atoms with Crippen LogP contribution in [0.4, 0.5) is 10.1 Å². The van der Waals surface area contributed by atoms with Gasteiger partial charge in [-0.1, -0.05) is 23.7 Å². The summed E-state index contributed by atoms with van der Waals surface area (Å²) in [6.07, 6.45) is 3.01. The fraction of sp³-hybridized carbons (Fsp3) is 0. The summed E-state index contributed by atoms with van der Waals surface area (Å²) in [7, 11) is 0. The van der Waals surface area contributed by atoms with E-state index in [2.05, 4.69) is 10.6 Å². The Morgan fingerprint density at radius 3 is 2.36 bits per heavy atom. The summed E-state index contributed by atoms with van der Waals surface area (Å²) in [4.78, 5) is 11.7. The Bertz CT molecular complexity index is 699. The van der Waals surface area contributed by atoms with E-state index in [0.717, 1.165) is 5.56 Å². The van der Waals surface area contributed by atoms with Gasteiger partial charge < -0.3 is 5.32 Å². The van der Waals surface area contributed by atoms with Crippen LogP contribution in [0.1, 0.15) is 5.56 Å². The van der Waals surface area contributed by atoms with Crippen molar-refractivity contribution in [2.24, 2.45) is 0 Å². The molecule has 0 radical (unpaired) electrons. The molecule has 0 aliphatic carbocycles. The van der Waals surface area contributed by atoms with Crippen molar-refractivity contribution < 1.29 is 9.18 Å². The number of benzene rings is 2. The lowest BCUT2D eigenvalue weighted by atomic mass is 10.2. The minimum atomic E-state index is -0.366. The van der Waals surface area contributed by atoms with Gasteiger partial charge in [0, 0.05) is 16.8 Å². The van der Waals surface area contributed by atoms with E-state index >= 15 is 0 Å². The molecule has 0 unspecified atom stereocenters. The van der Waals surface area contributed by atoms with Crippen molar-refractivity contribution in [3.63, 3.8) is 0 Å². The van der Waals surface area contributed by atoms with Gasteiger partial charge in [-0.25, -0.2) is 4.39 Å². The van der Waals surface area contributed by atoms with Crippen LogP contribution in [0.15, 0.2) is 54.6 Å². The number of nitrogens with one attached hydrogen (secondary N) is 2. The number of hydrogen-bond acceptors (Lipinski definition) is 2. The SMILES string of the molecule is O=C(C=Cc1ccc(Cl)cc1)NC(=S)Nc1ccc(F)cc1. The topological polar surface area (TPSA) is 41.1 Å². The van der Waals surface area contributed by atoms with Gasteiger partial charge in [-0.15, -0.1) is 0 Å². The Morgan fingerprint density at radius 2 is 1.73 bits per heavy atom. The van der Waals surface area contributed by atoms with Gasteiger partial charge in [0.2, 0.25) is 5.91 Å². The van der Waals surface area contributed by atoms with Crippen LogP contribution < -0.4 is 10.6 Å². The number of rotatable bonds is 3. The standard InChI is InChI=1S/C16H12ClFN2OS/c17-12-4-1-11(2-5-12)3-10-15(21)20-16(22)19-14-8-6-13(18)7-9-14/h1-10H,(H2,19,20,21,22). The van der Waals surface area contributed by atoms with E-state index in [1.807, 2.05) is 0 Å². The molecule has 112 valence electrons. The quantitative estimate of drug-likeness (QED) is 0.658. The van der Waals surface area contributed by atoms with Gasteiger partial charge in [0.05, 0.1) is 0 Å². The predicted molar refractivity (Wildman–Crippen MR) is 91.2 cm³/mol. The lowest BCUT2D eigenvalue weighted by Crippen LogP contribution is -2.32. The maximum Gasteiger partial charge on any atom is 0.250 e. The van der Waals surface area contributed by atoms with Crippen molar-refractivity contribution in [1.82, 2.24) is 5.32 Å². The largest absolute Gasteiger partial charge is 0.332 e. The number of anilines is 1. The first-order chi connectivity index (χ1) is 10.5. The third-order valence-electron chi connectivity index (χ3n) is 2.64. The second-order valence-electron chi connectivity index (χ2n) is 4.34. The molecule has 3 nitrogen and oxygen atoms in total. The summed E-state index contributed by atoms with van der Waals surface area (Å²) < 4.78 is 12.8. The molecule has 0 bridgehead atoms. The summed E-state index contributed by atoms with van der Waals surface area (Å²) >= 11 is 10.8. The summed E-state index contributed by atoms with van der Waals surface area (Å²) in [5.74, 6) is -0.707. The van der Waals surface area contributed by atoms with Crippen LogP contribution in [0.2, 0.25) is 5.02 Å². The van der Waals surface area contributed by atoms with Crippen LogP contribution >= 0.6 is 23.8 Å². The van der Waals surface area contributed by atoms with E-state index < -0.39 is 0 Å². The van der Waals surface area contributed by atoms with E-state index in [-0.39, 0.29) is 16.8 Å². The second-order valence-corrected chi connectivity index (χ2v) is 5.18. The fourth-order valence-corrected chi connectivity index (χ4v) is 1.94. The Kier molecular flexibility index (Phi) is 5.63. The van der Waals surface area contributed by atoms with Gasteiger partial charge in [-0.3, -0.25) is 10.1 Å². The Hall–Kier alpha value is -2.24. The Morgan fingerprint density at radius 1 is 1.09 bits per heavy atom. The molecule has 0 aromatic heterocycles. The highest BCUT2D eigenvalue weighted by Crippen LogP contribution is 2.10. The average molecular weight is 335 g/mol. The van der Waals surface area contributed by atoms with E-state index in [1.165, 1.54) is 30.3 Å². The maximum absolute atomic E-state index is 12.8. The summed E-state index contributed by atoms with van der Waals surface area (Å²) in [6, 6.07) is 12.7. The van der Waals surface area contributed by atoms with E-state index in [0.29, 0.717) is 10.7 Å². The zero-order valence-electron chi connectivity index (χ0n) is 11.3. The second kappa shape index (κ2) is 7.68. The maximum atomic E-state index is 12.8. The first-order valence-corrected chi connectivity index (χ1v) is 7.13. The summed E-state index contributed by atoms with van der Waals surface area (Å²) in [6.45, 7) is 0. The number of thiocarbonyl (C=S) groups is 1. The molecule has 0 atom stereocenters. The van der Waals surface area contributed by atoms with Gasteiger partial charge in [0.15, 0.2) is 5.11 Å². The smallest absolute Gasteiger partial charge is 0.250 e. The highest BCUT2D eigenvalue weighted by molar-refractivity contribution is 7.80. The number of carbonyl (C=O) groups is 1. The minimum Gasteiger partial charge on any atom is -0.332 e. The van der Waals surface area contributed by atoms with Gasteiger partial charge in [-0.05, 0) is 60.3 Å². The van der Waals surface area contributed by atoms with Gasteiger partial charge in [0.1, 0.15) is 5.82 Å². The fourth-order valence-electron chi connectivity index (χ4n) is 1.59. The van der Waals surface area contributed by atoms with Crippen LogP contribution in [0.3, 0.4) is 0 Å². The molecule has 0 spiro atoms. The molecule has 0 fully saturated rings. The normalized spacial score (nSPS) is 10.5. The first kappa shape index (κ1) is 16.1. The van der Waals surface area contributed by atoms with Crippen molar-refractivity contribution in [3.8, 4) is 0 Å². The lowest BCUT2D eigenvalue weighted by Gasteiger charge is -2.07. The van der Waals surface area contributed by atoms with Crippen molar-refractivity contribution in [2.75, 3.05) is 5.32 Å². The van der Waals surface area contributed by atoms with Gasteiger partial charge in [0.25, 0.3) is 0 Å². The molecule has 0 aliphatic heterocycles. The van der Waals surface area contributed by atoms with E-state index in [1.54, 1.807) is 30.3 Å². The molecule has 6 heteroatoms. The third-order valence-corrected chi connectivity index (χ3v) is 3.09. The van der Waals surface area contributed by atoms with Crippen molar-refractivity contribution in [3.05, 3.63) is 71.0 Å². The van der Waals surface area contributed by atoms with E-state index in [4.69, 9.17) is 23.8 Å². The van der Waals surface area contributed by atoms with Gasteiger partial charge >= 0.3 is 0 Å². The zero-order valence-corrected chi connectivity index (χ0v) is 12.9. The molecule has 2 aromatic rings. The Balaban J connectivity index is 1.87. The molecule has 2 aromatic carbocycles. The molecule has 0 saturated heterocycles. The average Bonchev–Trinajstić information content (AvgIpc) is 2.49. The highest BCUT2D eigenvalue weighted by Gasteiger charge is 2.01. The number of halogens is 2. The lowest BCUT2D eigenvalue weighted by molar-refractivity contribution is -0.115. The number of hydrogen-bond donors (Lipinski definition) is 2. The molecular weight excluding hydrogens is 323 g/mol. The minimum absolute atomic E-state index is 0.136. The molecule has 2 rings (SSSR count). The number of carbonyl (C=O) groups excluding carboxylic acids is 1. The van der Waals surface area contributed by atoms with Crippen LogP contribution in [-0.4, -0.2) is 11.0 Å². The molecule has 2 N–H and O–H groups in total. The predicted octanol–water partition coefficient (Wildman–Crippen LogP) is 4.01. The van der Waals surface area contributed by atoms with Crippen LogP contribution in [0.5, 0.6) is 0 Å². The summed E-state index contributed by atoms with van der Waals surface area (Å²) in [5, 5.41) is 6.05. The van der Waals surface area contributed by atoms with Crippen molar-refractivity contribution >= 4 is 46.6 Å². The zero-order chi connectivity index (χ0) is 15.9. The van der Waals surface area contributed by atoms with Crippen molar-refractivity contribution in [2.45, 2.75) is 0 Å². The van der Waals surface area contributed by atoms with Crippen LogP contribution in [-0.2, 0) is 4.79 Å². The molecule has 0 saturated carbocycles. The van der Waals surface area contributed by atoms with Gasteiger partial charge in [-0.2, -0.15) is 0 Å². The van der Waals surface area contributed by atoms with E-state index in [9.17, 15) is 9.18 Å². The molecule has 0 aliphatic rings. The Labute approximate surface area is 137 Å². The monoisotopic (exact) mass is 334 g/mol. The third kappa shape index (κ3) is 5.27. The van der Waals surface area contributed by atoms with Crippen LogP contribution in [0, 0.1) is 5.82 Å². The summed E-state index contributed by atoms with van der Waals surface area (Å²) in [5.41, 5.74) is 1.44. The molecular formula is C16H12ClFN2OS. The van der Waals surface area contributed by atoms with Crippen LogP contribution in [0.25, 0.3) is 6.08 Å².